The second-order valence-electron chi connectivity index (χ2n) is 3.97. The highest BCUT2D eigenvalue weighted by Crippen LogP contribution is 2.35. The van der Waals surface area contributed by atoms with E-state index in [0.717, 1.165) is 47.3 Å². The smallest absolute Gasteiger partial charge is 0.224 e. The molecule has 0 aliphatic carbocycles. The van der Waals surface area contributed by atoms with E-state index in [9.17, 15) is 0 Å². The molecule has 1 N–H and O–H groups in total. The molecule has 0 aromatic carbocycles. The van der Waals surface area contributed by atoms with Crippen molar-refractivity contribution in [2.75, 3.05) is 17.6 Å². The van der Waals surface area contributed by atoms with Crippen LogP contribution in [0.15, 0.2) is 27.7 Å². The molecular weight excluding hydrogens is 270 g/mol. The minimum absolute atomic E-state index is 0.316. The van der Waals surface area contributed by atoms with Crippen LogP contribution >= 0.6 is 23.4 Å². The van der Waals surface area contributed by atoms with E-state index in [2.05, 4.69) is 15.3 Å². The molecule has 1 aliphatic rings. The number of halogens is 1. The van der Waals surface area contributed by atoms with E-state index in [1.165, 1.54) is 0 Å². The Bertz CT molecular complexity index is 545. The quantitative estimate of drug-likeness (QED) is 0.873. The molecule has 0 unspecified atom stereocenters. The number of hydrogen-bond acceptors (Lipinski definition) is 5. The summed E-state index contributed by atoms with van der Waals surface area (Å²) in [7, 11) is 0. The van der Waals surface area contributed by atoms with Gasteiger partial charge in [-0.3, -0.25) is 0 Å². The molecule has 0 amide bonds. The summed E-state index contributed by atoms with van der Waals surface area (Å²) in [5.74, 6) is 2.86. The Balaban J connectivity index is 1.69. The van der Waals surface area contributed by atoms with E-state index < -0.39 is 0 Å². The monoisotopic (exact) mass is 281 g/mol. The van der Waals surface area contributed by atoms with E-state index in [0.29, 0.717) is 5.28 Å². The highest BCUT2D eigenvalue weighted by atomic mass is 35.5. The lowest BCUT2D eigenvalue weighted by Gasteiger charge is -2.08. The first-order valence-corrected chi connectivity index (χ1v) is 7.15. The number of furan rings is 1. The second kappa shape index (κ2) is 5.20. The molecule has 1 aliphatic heterocycles. The molecule has 0 spiro atoms. The summed E-state index contributed by atoms with van der Waals surface area (Å²) in [6, 6.07) is 3.86. The average molecular weight is 282 g/mol. The maximum Gasteiger partial charge on any atom is 0.224 e. The predicted molar refractivity (Wildman–Crippen MR) is 72.4 cm³/mol. The number of nitrogens with one attached hydrogen (secondary N) is 1. The van der Waals surface area contributed by atoms with Crippen molar-refractivity contribution in [2.45, 2.75) is 17.7 Å². The number of hydrogen-bond donors (Lipinski definition) is 1. The molecule has 0 saturated heterocycles. The maximum absolute atomic E-state index is 5.92. The number of rotatable bonds is 4. The zero-order chi connectivity index (χ0) is 12.4. The lowest BCUT2D eigenvalue weighted by atomic mass is 10.3. The van der Waals surface area contributed by atoms with E-state index in [-0.39, 0.29) is 0 Å². The molecule has 4 nitrogen and oxygen atoms in total. The van der Waals surface area contributed by atoms with Crippen molar-refractivity contribution in [1.82, 2.24) is 9.97 Å². The summed E-state index contributed by atoms with van der Waals surface area (Å²) in [4.78, 5) is 9.64. The summed E-state index contributed by atoms with van der Waals surface area (Å²) in [6.45, 7) is 0.772. The van der Waals surface area contributed by atoms with Crippen molar-refractivity contribution in [3.63, 3.8) is 0 Å². The first-order valence-electron chi connectivity index (χ1n) is 5.78. The second-order valence-corrected chi connectivity index (χ2v) is 5.41. The largest absolute Gasteiger partial charge is 0.469 e. The fourth-order valence-corrected chi connectivity index (χ4v) is 3.17. The van der Waals surface area contributed by atoms with Crippen LogP contribution in [0.25, 0.3) is 0 Å². The molecule has 2 aromatic rings. The number of anilines is 1. The van der Waals surface area contributed by atoms with Gasteiger partial charge in [0.05, 0.1) is 16.9 Å². The molecule has 0 radical (unpaired) electrons. The maximum atomic E-state index is 5.92. The lowest BCUT2D eigenvalue weighted by molar-refractivity contribution is 0.513. The van der Waals surface area contributed by atoms with Gasteiger partial charge in [-0.05, 0) is 23.7 Å². The molecule has 6 heteroatoms. The van der Waals surface area contributed by atoms with Crippen LogP contribution in [0.2, 0.25) is 5.28 Å². The van der Waals surface area contributed by atoms with Gasteiger partial charge in [0.15, 0.2) is 0 Å². The lowest BCUT2D eigenvalue weighted by Crippen LogP contribution is -2.08. The molecule has 0 saturated carbocycles. The van der Waals surface area contributed by atoms with Crippen LogP contribution in [0.4, 0.5) is 5.82 Å². The first-order chi connectivity index (χ1) is 8.83. The molecule has 0 bridgehead atoms. The molecule has 2 aromatic heterocycles. The summed E-state index contributed by atoms with van der Waals surface area (Å²) in [5, 5.41) is 3.62. The Labute approximate surface area is 114 Å². The summed E-state index contributed by atoms with van der Waals surface area (Å²) in [5.41, 5.74) is 1.06. The van der Waals surface area contributed by atoms with Crippen molar-refractivity contribution in [1.29, 1.82) is 0 Å². The van der Waals surface area contributed by atoms with Crippen LogP contribution in [0.3, 0.4) is 0 Å². The highest BCUT2D eigenvalue weighted by molar-refractivity contribution is 7.99. The van der Waals surface area contributed by atoms with Crippen molar-refractivity contribution in [3.8, 4) is 0 Å². The third-order valence-electron chi connectivity index (χ3n) is 2.74. The van der Waals surface area contributed by atoms with Gasteiger partial charge in [-0.1, -0.05) is 0 Å². The molecular formula is C12H12ClN3OS. The van der Waals surface area contributed by atoms with E-state index in [1.54, 1.807) is 18.0 Å². The number of aryl methyl sites for hydroxylation is 1. The molecule has 3 rings (SSSR count). The van der Waals surface area contributed by atoms with Crippen molar-refractivity contribution in [3.05, 3.63) is 35.1 Å². The topological polar surface area (TPSA) is 51.0 Å². The van der Waals surface area contributed by atoms with Crippen molar-refractivity contribution in [2.24, 2.45) is 0 Å². The van der Waals surface area contributed by atoms with Crippen LogP contribution in [0, 0.1) is 0 Å². The van der Waals surface area contributed by atoms with Gasteiger partial charge >= 0.3 is 0 Å². The number of nitrogens with zero attached hydrogens (tertiary/aromatic N) is 2. The summed E-state index contributed by atoms with van der Waals surface area (Å²) in [6.07, 6.45) is 3.48. The Hall–Kier alpha value is -1.20. The number of fused-ring (bicyclic) bond motifs is 1. The SMILES string of the molecule is Clc1nc2c(c(NCCc3ccco3)n1)SCC2. The Morgan fingerprint density at radius 3 is 3.22 bits per heavy atom. The van der Waals surface area contributed by atoms with Gasteiger partial charge in [0.25, 0.3) is 0 Å². The fourth-order valence-electron chi connectivity index (χ4n) is 1.92. The van der Waals surface area contributed by atoms with Crippen LogP contribution in [0.5, 0.6) is 0 Å². The Kier molecular flexibility index (Phi) is 3.43. The molecule has 3 heterocycles. The van der Waals surface area contributed by atoms with Gasteiger partial charge in [-0.2, -0.15) is 4.98 Å². The van der Waals surface area contributed by atoms with E-state index in [1.807, 2.05) is 12.1 Å². The predicted octanol–water partition coefficient (Wildman–Crippen LogP) is 3.03. The minimum Gasteiger partial charge on any atom is -0.469 e. The Morgan fingerprint density at radius 2 is 2.39 bits per heavy atom. The van der Waals surface area contributed by atoms with Gasteiger partial charge in [0, 0.05) is 25.1 Å². The van der Waals surface area contributed by atoms with Crippen LogP contribution in [-0.2, 0) is 12.8 Å². The van der Waals surface area contributed by atoms with Crippen LogP contribution in [-0.4, -0.2) is 22.3 Å². The zero-order valence-electron chi connectivity index (χ0n) is 9.65. The third kappa shape index (κ3) is 2.47. The van der Waals surface area contributed by atoms with E-state index >= 15 is 0 Å². The van der Waals surface area contributed by atoms with Crippen molar-refractivity contribution < 1.29 is 4.42 Å². The highest BCUT2D eigenvalue weighted by Gasteiger charge is 2.19. The first kappa shape index (κ1) is 11.9. The van der Waals surface area contributed by atoms with Crippen molar-refractivity contribution >= 4 is 29.2 Å². The van der Waals surface area contributed by atoms with Gasteiger partial charge in [-0.15, -0.1) is 11.8 Å². The van der Waals surface area contributed by atoms with Gasteiger partial charge in [-0.25, -0.2) is 4.98 Å². The fraction of sp³-hybridized carbons (Fsp3) is 0.333. The standard InChI is InChI=1S/C12H12ClN3OS/c13-12-15-9-4-7-18-10(9)11(16-12)14-5-3-8-2-1-6-17-8/h1-2,6H,3-5,7H2,(H,14,15,16). The number of aromatic nitrogens is 2. The zero-order valence-corrected chi connectivity index (χ0v) is 11.2. The van der Waals surface area contributed by atoms with Gasteiger partial charge in [0.2, 0.25) is 5.28 Å². The van der Waals surface area contributed by atoms with Gasteiger partial charge in [0.1, 0.15) is 11.6 Å². The third-order valence-corrected chi connectivity index (χ3v) is 4.03. The van der Waals surface area contributed by atoms with Crippen LogP contribution < -0.4 is 5.32 Å². The van der Waals surface area contributed by atoms with E-state index in [4.69, 9.17) is 16.0 Å². The molecule has 0 atom stereocenters. The van der Waals surface area contributed by atoms with Crippen LogP contribution in [0.1, 0.15) is 11.5 Å². The normalized spacial score (nSPS) is 13.6. The minimum atomic E-state index is 0.316. The van der Waals surface area contributed by atoms with Gasteiger partial charge < -0.3 is 9.73 Å². The average Bonchev–Trinajstić information content (AvgIpc) is 2.98. The summed E-state index contributed by atoms with van der Waals surface area (Å²) >= 11 is 7.70. The number of thioether (sulfide) groups is 1. The molecule has 18 heavy (non-hydrogen) atoms. The Morgan fingerprint density at radius 1 is 1.44 bits per heavy atom. The molecule has 0 fully saturated rings. The molecule has 94 valence electrons. The summed E-state index contributed by atoms with van der Waals surface area (Å²) < 4.78 is 5.28.